The second-order valence-corrected chi connectivity index (χ2v) is 17.0. The van der Waals surface area contributed by atoms with Gasteiger partial charge in [0.2, 0.25) is 5.91 Å². The van der Waals surface area contributed by atoms with Gasteiger partial charge in [-0.25, -0.2) is 9.00 Å². The molecule has 1 aliphatic carbocycles. The summed E-state index contributed by atoms with van der Waals surface area (Å²) in [5.41, 5.74) is 3.23. The summed E-state index contributed by atoms with van der Waals surface area (Å²) in [5, 5.41) is 0.694. The number of aryl methyl sites for hydroxylation is 1. The number of benzene rings is 2. The lowest BCUT2D eigenvalue weighted by Gasteiger charge is -2.38. The zero-order valence-corrected chi connectivity index (χ0v) is 32.5. The number of fused-ring (bicyclic) bond motifs is 2. The largest absolute Gasteiger partial charge is 0.491 e. The van der Waals surface area contributed by atoms with Gasteiger partial charge < -0.3 is 24.0 Å². The van der Waals surface area contributed by atoms with Gasteiger partial charge in [-0.1, -0.05) is 43.7 Å². The Balaban J connectivity index is 1.40. The third kappa shape index (κ3) is 10.1. The number of anilines is 1. The van der Waals surface area contributed by atoms with Crippen molar-refractivity contribution < 1.29 is 32.8 Å². The minimum Gasteiger partial charge on any atom is -0.491 e. The number of carbonyl (C=O) groups excluding carboxylic acids is 3. The van der Waals surface area contributed by atoms with Crippen molar-refractivity contribution >= 4 is 45.1 Å². The number of methoxy groups -OCH3 is 2. The SMILES string of the molecule is COC(=O)N1CC[C@H](C(=O)NS(=O)(C[C@@H](C)C/C=C/[C@H](OC)[C@@H]2CC[C@H]2C)=NC(=O)c2ccc3c(c2)N(C)Cc2ccc(Cl)cc2CCCCO3)C1. The fourth-order valence-electron chi connectivity index (χ4n) is 7.27. The van der Waals surface area contributed by atoms with E-state index in [0.717, 1.165) is 31.2 Å². The number of nitrogens with one attached hydrogen (secondary N) is 1. The molecule has 284 valence electrons. The normalized spacial score (nSPS) is 22.8. The highest BCUT2D eigenvalue weighted by Gasteiger charge is 2.34. The number of halogens is 1. The molecule has 13 heteroatoms. The van der Waals surface area contributed by atoms with Crippen molar-refractivity contribution in [1.82, 2.24) is 9.62 Å². The van der Waals surface area contributed by atoms with Crippen LogP contribution in [0, 0.1) is 23.7 Å². The Morgan fingerprint density at radius 3 is 2.63 bits per heavy atom. The van der Waals surface area contributed by atoms with Crippen LogP contribution in [0.1, 0.15) is 73.9 Å². The molecule has 0 radical (unpaired) electrons. The molecule has 5 rings (SSSR count). The number of hydrogen-bond acceptors (Lipinski definition) is 8. The standard InChI is InChI=1S/C39H53ClN4O7S/c1-26(9-8-11-35(49-4)33-16-12-27(33)2)25-52(48,42-38(46)31-18-19-44(24-31)39(47)50-5)41-37(45)29-14-17-36-34(22-29)43(3)23-30-13-15-32(40)21-28(30)10-6-7-20-51-36/h8,11,13-15,17,21-22,26-27,31,33,35H,6-7,9-10,12,16,18-20,23-25H2,1-5H3,(H,41,42,45,46,48)/b11-8+/t26-,27+,31-,33+,35-,52?/m0/s1. The van der Waals surface area contributed by atoms with Crippen LogP contribution in [0.3, 0.4) is 0 Å². The van der Waals surface area contributed by atoms with Crippen LogP contribution < -0.4 is 14.4 Å². The van der Waals surface area contributed by atoms with Gasteiger partial charge in [-0.15, -0.1) is 4.36 Å². The Morgan fingerprint density at radius 2 is 1.92 bits per heavy atom. The summed E-state index contributed by atoms with van der Waals surface area (Å²) in [4.78, 5) is 43.0. The smallest absolute Gasteiger partial charge is 0.409 e. The van der Waals surface area contributed by atoms with Gasteiger partial charge in [0.05, 0.1) is 37.2 Å². The molecule has 6 atom stereocenters. The summed E-state index contributed by atoms with van der Waals surface area (Å²) in [6.45, 7) is 5.70. The first-order chi connectivity index (χ1) is 24.9. The maximum absolute atomic E-state index is 14.6. The van der Waals surface area contributed by atoms with E-state index in [1.807, 2.05) is 43.1 Å². The van der Waals surface area contributed by atoms with E-state index in [4.69, 9.17) is 25.8 Å². The Kier molecular flexibility index (Phi) is 13.7. The number of amides is 3. The Bertz CT molecular complexity index is 1760. The minimum atomic E-state index is -3.58. The Hall–Kier alpha value is -3.61. The van der Waals surface area contributed by atoms with Gasteiger partial charge in [-0.2, -0.15) is 0 Å². The van der Waals surface area contributed by atoms with Gasteiger partial charge in [0, 0.05) is 44.4 Å². The zero-order valence-electron chi connectivity index (χ0n) is 31.0. The predicted octanol–water partition coefficient (Wildman–Crippen LogP) is 7.06. The Labute approximate surface area is 313 Å². The van der Waals surface area contributed by atoms with Crippen molar-refractivity contribution in [2.75, 3.05) is 51.6 Å². The molecule has 11 nitrogen and oxygen atoms in total. The molecule has 2 aromatic rings. The molecule has 1 saturated carbocycles. The first-order valence-electron chi connectivity index (χ1n) is 18.3. The van der Waals surface area contributed by atoms with Gasteiger partial charge in [-0.3, -0.25) is 14.3 Å². The summed E-state index contributed by atoms with van der Waals surface area (Å²) in [6.07, 6.45) is 9.53. The summed E-state index contributed by atoms with van der Waals surface area (Å²) in [6, 6.07) is 11.0. The molecule has 2 aliphatic heterocycles. The van der Waals surface area contributed by atoms with E-state index in [2.05, 4.69) is 22.1 Å². The second-order valence-electron chi connectivity index (χ2n) is 14.5. The second kappa shape index (κ2) is 17.9. The van der Waals surface area contributed by atoms with Gasteiger partial charge >= 0.3 is 6.09 Å². The molecule has 3 amide bonds. The molecule has 0 aromatic heterocycles. The molecule has 2 aromatic carbocycles. The van der Waals surface area contributed by atoms with Crippen molar-refractivity contribution in [2.45, 2.75) is 71.4 Å². The van der Waals surface area contributed by atoms with E-state index in [-0.39, 0.29) is 29.9 Å². The van der Waals surface area contributed by atoms with Crippen molar-refractivity contribution in [3.05, 3.63) is 70.3 Å². The van der Waals surface area contributed by atoms with E-state index in [1.54, 1.807) is 25.3 Å². The number of rotatable bonds is 10. The summed E-state index contributed by atoms with van der Waals surface area (Å²) < 4.78 is 38.2. The maximum atomic E-state index is 14.6. The van der Waals surface area contributed by atoms with Crippen LogP contribution in [-0.2, 0) is 37.1 Å². The van der Waals surface area contributed by atoms with E-state index in [1.165, 1.54) is 24.0 Å². The van der Waals surface area contributed by atoms with Crippen molar-refractivity contribution in [3.63, 3.8) is 0 Å². The maximum Gasteiger partial charge on any atom is 0.409 e. The average molecular weight is 757 g/mol. The molecular formula is C39H53ClN4O7S. The number of carbonyl (C=O) groups is 3. The van der Waals surface area contributed by atoms with Crippen molar-refractivity contribution in [2.24, 2.45) is 28.0 Å². The fraction of sp³-hybridized carbons (Fsp3) is 0.564. The summed E-state index contributed by atoms with van der Waals surface area (Å²) in [5.74, 6) is -0.328. The van der Waals surface area contributed by atoms with Crippen LogP contribution in [0.15, 0.2) is 52.9 Å². The quantitative estimate of drug-likeness (QED) is 0.256. The highest BCUT2D eigenvalue weighted by atomic mass is 35.5. The number of likely N-dealkylation sites (tertiary alicyclic amines) is 1. The highest BCUT2D eigenvalue weighted by Crippen LogP contribution is 2.38. The number of nitrogens with zero attached hydrogens (tertiary/aromatic N) is 3. The van der Waals surface area contributed by atoms with Crippen LogP contribution in [0.4, 0.5) is 10.5 Å². The topological polar surface area (TPSA) is 127 Å². The lowest BCUT2D eigenvalue weighted by molar-refractivity contribution is -0.122. The average Bonchev–Trinajstić information content (AvgIpc) is 3.60. The third-order valence-corrected chi connectivity index (χ3v) is 12.8. The van der Waals surface area contributed by atoms with Crippen LogP contribution in [0.5, 0.6) is 5.75 Å². The minimum absolute atomic E-state index is 0.00958. The van der Waals surface area contributed by atoms with Crippen LogP contribution >= 0.6 is 11.6 Å². The van der Waals surface area contributed by atoms with Gasteiger partial charge in [-0.05, 0) is 104 Å². The first-order valence-corrected chi connectivity index (χ1v) is 20.3. The van der Waals surface area contributed by atoms with Crippen molar-refractivity contribution in [1.29, 1.82) is 0 Å². The van der Waals surface area contributed by atoms with Crippen molar-refractivity contribution in [3.8, 4) is 5.75 Å². The lowest BCUT2D eigenvalue weighted by Crippen LogP contribution is -2.40. The number of ether oxygens (including phenoxy) is 3. The van der Waals surface area contributed by atoms with E-state index in [9.17, 15) is 18.6 Å². The predicted molar refractivity (Wildman–Crippen MR) is 204 cm³/mol. The summed E-state index contributed by atoms with van der Waals surface area (Å²) >= 11 is 6.33. The number of allylic oxidation sites excluding steroid dienone is 1. The van der Waals surface area contributed by atoms with Crippen LogP contribution in [0.2, 0.25) is 5.02 Å². The monoisotopic (exact) mass is 756 g/mol. The summed E-state index contributed by atoms with van der Waals surface area (Å²) in [7, 11) is 1.36. The molecule has 1 unspecified atom stereocenters. The molecule has 2 fully saturated rings. The Morgan fingerprint density at radius 1 is 1.12 bits per heavy atom. The fourth-order valence-corrected chi connectivity index (χ4v) is 9.43. The number of hydrogen-bond donors (Lipinski definition) is 1. The molecular weight excluding hydrogens is 704 g/mol. The van der Waals surface area contributed by atoms with Crippen LogP contribution in [0.25, 0.3) is 0 Å². The van der Waals surface area contributed by atoms with E-state index in [0.29, 0.717) is 60.8 Å². The molecule has 0 bridgehead atoms. The lowest BCUT2D eigenvalue weighted by atomic mass is 9.71. The van der Waals surface area contributed by atoms with Crippen LogP contribution in [-0.4, -0.2) is 79.8 Å². The highest BCUT2D eigenvalue weighted by molar-refractivity contribution is 7.92. The first kappa shape index (κ1) is 39.6. The molecule has 3 aliphatic rings. The third-order valence-electron chi connectivity index (χ3n) is 10.5. The zero-order chi connectivity index (χ0) is 37.4. The molecule has 1 saturated heterocycles. The molecule has 1 N–H and O–H groups in total. The molecule has 0 spiro atoms. The van der Waals surface area contributed by atoms with Gasteiger partial charge in [0.15, 0.2) is 0 Å². The van der Waals surface area contributed by atoms with Gasteiger partial charge in [0.25, 0.3) is 5.91 Å². The molecule has 2 heterocycles. The van der Waals surface area contributed by atoms with E-state index < -0.39 is 33.7 Å². The molecule has 52 heavy (non-hydrogen) atoms. The van der Waals surface area contributed by atoms with Gasteiger partial charge in [0.1, 0.15) is 15.7 Å². The van der Waals surface area contributed by atoms with E-state index >= 15 is 0 Å².